The number of benzene rings is 1. The Hall–Kier alpha value is -1.69. The van der Waals surface area contributed by atoms with Gasteiger partial charge in [-0.3, -0.25) is 4.79 Å². The van der Waals surface area contributed by atoms with Gasteiger partial charge in [-0.2, -0.15) is 0 Å². The van der Waals surface area contributed by atoms with E-state index in [9.17, 15) is 18.4 Å². The number of hydrogen-bond donors (Lipinski definition) is 1. The van der Waals surface area contributed by atoms with Gasteiger partial charge in [-0.05, 0) is 6.07 Å². The maximum absolute atomic E-state index is 13.4. The van der Waals surface area contributed by atoms with E-state index in [2.05, 4.69) is 4.74 Å². The molecule has 0 atom stereocenters. The molecule has 16 heavy (non-hydrogen) atoms. The second-order valence-electron chi connectivity index (χ2n) is 2.70. The minimum Gasteiger partial charge on any atom is -0.491 e. The fourth-order valence-electron chi connectivity index (χ4n) is 1.04. The zero-order valence-corrected chi connectivity index (χ0v) is 8.64. The van der Waals surface area contributed by atoms with Gasteiger partial charge in [-0.25, -0.2) is 13.6 Å². The molecule has 0 aliphatic carbocycles. The highest BCUT2D eigenvalue weighted by atomic mass is 35.5. The van der Waals surface area contributed by atoms with Gasteiger partial charge >= 0.3 is 5.97 Å². The molecule has 1 aromatic carbocycles. The van der Waals surface area contributed by atoms with Gasteiger partial charge in [0.15, 0.2) is 17.4 Å². The minimum absolute atomic E-state index is 0.595. The smallest absolute Gasteiger partial charge is 0.377 e. The largest absolute Gasteiger partial charge is 0.491 e. The summed E-state index contributed by atoms with van der Waals surface area (Å²) in [5.74, 6) is -6.88. The lowest BCUT2D eigenvalue weighted by Crippen LogP contribution is -2.15. The Balaban J connectivity index is 3.48. The van der Waals surface area contributed by atoms with Crippen molar-refractivity contribution in [2.75, 3.05) is 7.11 Å². The van der Waals surface area contributed by atoms with Crippen LogP contribution < -0.4 is 4.74 Å². The Kier molecular flexibility index (Phi) is 3.44. The van der Waals surface area contributed by atoms with E-state index in [-0.39, 0.29) is 0 Å². The van der Waals surface area contributed by atoms with Crippen molar-refractivity contribution in [1.82, 2.24) is 0 Å². The maximum Gasteiger partial charge on any atom is 0.377 e. The molecule has 0 saturated carbocycles. The summed E-state index contributed by atoms with van der Waals surface area (Å²) in [6, 6.07) is 0.602. The number of halogens is 3. The van der Waals surface area contributed by atoms with Gasteiger partial charge < -0.3 is 9.84 Å². The van der Waals surface area contributed by atoms with E-state index < -0.39 is 39.7 Å². The number of hydrogen-bond acceptors (Lipinski definition) is 3. The quantitative estimate of drug-likeness (QED) is 0.505. The van der Waals surface area contributed by atoms with Crippen LogP contribution in [0.1, 0.15) is 10.4 Å². The van der Waals surface area contributed by atoms with Crippen molar-refractivity contribution in [1.29, 1.82) is 0 Å². The van der Waals surface area contributed by atoms with Crippen molar-refractivity contribution in [3.05, 3.63) is 28.3 Å². The Morgan fingerprint density at radius 3 is 2.38 bits per heavy atom. The second-order valence-corrected chi connectivity index (χ2v) is 3.11. The molecule has 0 bridgehead atoms. The third kappa shape index (κ3) is 1.96. The maximum atomic E-state index is 13.4. The van der Waals surface area contributed by atoms with Crippen LogP contribution in [0, 0.1) is 11.6 Å². The van der Waals surface area contributed by atoms with E-state index in [0.717, 1.165) is 7.11 Å². The van der Waals surface area contributed by atoms with Gasteiger partial charge in [0.2, 0.25) is 0 Å². The van der Waals surface area contributed by atoms with Crippen LogP contribution in [0.25, 0.3) is 0 Å². The standard InChI is InChI=1S/C9H5ClF2O4/c1-16-8-5(11)3(7(13)9(14)15)2-4(10)6(8)12/h2H,1H3,(H,14,15). The summed E-state index contributed by atoms with van der Waals surface area (Å²) < 4.78 is 30.9. The van der Waals surface area contributed by atoms with Gasteiger partial charge in [0.25, 0.3) is 5.78 Å². The average molecular weight is 251 g/mol. The van der Waals surface area contributed by atoms with Crippen molar-refractivity contribution in [2.24, 2.45) is 0 Å². The van der Waals surface area contributed by atoms with Crippen molar-refractivity contribution in [2.45, 2.75) is 0 Å². The molecule has 1 aromatic rings. The second kappa shape index (κ2) is 4.44. The van der Waals surface area contributed by atoms with Gasteiger partial charge in [-0.15, -0.1) is 0 Å². The number of aliphatic carboxylic acids is 1. The van der Waals surface area contributed by atoms with Gasteiger partial charge in [0.1, 0.15) is 0 Å². The number of rotatable bonds is 3. The number of carbonyl (C=O) groups excluding carboxylic acids is 1. The number of carbonyl (C=O) groups is 2. The van der Waals surface area contributed by atoms with Crippen molar-refractivity contribution < 1.29 is 28.2 Å². The van der Waals surface area contributed by atoms with Gasteiger partial charge in [-0.1, -0.05) is 11.6 Å². The first-order chi connectivity index (χ1) is 7.40. The van der Waals surface area contributed by atoms with Crippen LogP contribution in [0.4, 0.5) is 8.78 Å². The molecule has 4 nitrogen and oxygen atoms in total. The Bertz CT molecular complexity index is 473. The molecule has 1 rings (SSSR count). The molecule has 0 amide bonds. The highest BCUT2D eigenvalue weighted by molar-refractivity contribution is 6.40. The molecule has 0 heterocycles. The molecule has 0 aromatic heterocycles. The summed E-state index contributed by atoms with van der Waals surface area (Å²) in [6.45, 7) is 0. The molecule has 0 aliphatic heterocycles. The lowest BCUT2D eigenvalue weighted by Gasteiger charge is -2.07. The van der Waals surface area contributed by atoms with Crippen LogP contribution in [0.15, 0.2) is 6.07 Å². The summed E-state index contributed by atoms with van der Waals surface area (Å²) in [5, 5.41) is 7.80. The number of ether oxygens (including phenoxy) is 1. The molecule has 0 saturated heterocycles. The van der Waals surface area contributed by atoms with Crippen LogP contribution in [0.5, 0.6) is 5.75 Å². The Morgan fingerprint density at radius 2 is 1.94 bits per heavy atom. The van der Waals surface area contributed by atoms with Crippen molar-refractivity contribution in [3.8, 4) is 5.75 Å². The molecular formula is C9H5ClF2O4. The highest BCUT2D eigenvalue weighted by Crippen LogP contribution is 2.30. The SMILES string of the molecule is COc1c(F)c(Cl)cc(C(=O)C(=O)O)c1F. The molecule has 1 N–H and O–H groups in total. The fraction of sp³-hybridized carbons (Fsp3) is 0.111. The third-order valence-corrected chi connectivity index (χ3v) is 2.03. The van der Waals surface area contributed by atoms with Crippen molar-refractivity contribution in [3.63, 3.8) is 0 Å². The topological polar surface area (TPSA) is 63.6 Å². The van der Waals surface area contributed by atoms with Crippen LogP contribution in [0.2, 0.25) is 5.02 Å². The lowest BCUT2D eigenvalue weighted by atomic mass is 10.1. The molecule has 7 heteroatoms. The number of ketones is 1. The van der Waals surface area contributed by atoms with Crippen LogP contribution in [-0.4, -0.2) is 24.0 Å². The normalized spacial score (nSPS) is 10.0. The van der Waals surface area contributed by atoms with E-state index in [1.807, 2.05) is 0 Å². The van der Waals surface area contributed by atoms with E-state index in [1.54, 1.807) is 0 Å². The monoisotopic (exact) mass is 250 g/mol. The Labute approximate surface area is 93.4 Å². The Morgan fingerprint density at radius 1 is 1.38 bits per heavy atom. The number of carboxylic acid groups (broad SMARTS) is 1. The predicted octanol–water partition coefficient (Wildman–Crippen LogP) is 1.89. The van der Waals surface area contributed by atoms with Crippen LogP contribution in [0.3, 0.4) is 0 Å². The first kappa shape index (κ1) is 12.4. The first-order valence-electron chi connectivity index (χ1n) is 3.89. The lowest BCUT2D eigenvalue weighted by molar-refractivity contribution is -0.131. The predicted molar refractivity (Wildman–Crippen MR) is 49.9 cm³/mol. The summed E-state index contributed by atoms with van der Waals surface area (Å²) in [5.41, 5.74) is -0.851. The zero-order valence-electron chi connectivity index (χ0n) is 7.88. The summed E-state index contributed by atoms with van der Waals surface area (Å²) in [7, 11) is 0.965. The molecule has 0 aliphatic rings. The summed E-state index contributed by atoms with van der Waals surface area (Å²) >= 11 is 5.35. The molecule has 86 valence electrons. The van der Waals surface area contributed by atoms with E-state index in [0.29, 0.717) is 6.07 Å². The molecular weight excluding hydrogens is 246 g/mol. The molecule has 0 unspecified atom stereocenters. The fourth-order valence-corrected chi connectivity index (χ4v) is 1.24. The average Bonchev–Trinajstić information content (AvgIpc) is 2.23. The molecule has 0 spiro atoms. The first-order valence-corrected chi connectivity index (χ1v) is 4.27. The van der Waals surface area contributed by atoms with Crippen molar-refractivity contribution >= 4 is 23.4 Å². The van der Waals surface area contributed by atoms with E-state index in [4.69, 9.17) is 16.7 Å². The van der Waals surface area contributed by atoms with E-state index in [1.165, 1.54) is 0 Å². The minimum atomic E-state index is -1.87. The third-order valence-electron chi connectivity index (χ3n) is 1.76. The van der Waals surface area contributed by atoms with Gasteiger partial charge in [0.05, 0.1) is 17.7 Å². The van der Waals surface area contributed by atoms with Crippen LogP contribution >= 0.6 is 11.6 Å². The molecule has 0 fully saturated rings. The number of methoxy groups -OCH3 is 1. The zero-order chi connectivity index (χ0) is 12.5. The number of carboxylic acids is 1. The molecule has 0 radical (unpaired) electrons. The summed E-state index contributed by atoms with van der Waals surface area (Å²) in [4.78, 5) is 21.4. The van der Waals surface area contributed by atoms with E-state index >= 15 is 0 Å². The number of Topliss-reactive ketones (excluding diaryl/α,β-unsaturated/α-hetero) is 1. The summed E-state index contributed by atoms with van der Waals surface area (Å²) in [6.07, 6.45) is 0. The van der Waals surface area contributed by atoms with Crippen LogP contribution in [-0.2, 0) is 4.79 Å². The highest BCUT2D eigenvalue weighted by Gasteiger charge is 2.26. The van der Waals surface area contributed by atoms with Gasteiger partial charge in [0, 0.05) is 0 Å².